The largest absolute Gasteiger partial charge is 0.381 e. The summed E-state index contributed by atoms with van der Waals surface area (Å²) in [5.74, 6) is 2.09. The summed E-state index contributed by atoms with van der Waals surface area (Å²) in [5, 5.41) is 13.6. The minimum atomic E-state index is 0.316. The molecule has 0 spiro atoms. The van der Waals surface area contributed by atoms with E-state index in [0.29, 0.717) is 12.5 Å². The first-order valence-electron chi connectivity index (χ1n) is 7.64. The maximum absolute atomic E-state index is 5.43. The molecule has 0 saturated carbocycles. The van der Waals surface area contributed by atoms with Crippen molar-refractivity contribution in [3.63, 3.8) is 0 Å². The van der Waals surface area contributed by atoms with Crippen molar-refractivity contribution in [1.29, 1.82) is 0 Å². The molecule has 2 aromatic heterocycles. The SMILES string of the molecule is CCn1nc([C@H]2CCOC2)nc1Cn1nc2ccccc2n1. The molecule has 0 aliphatic carbocycles. The van der Waals surface area contributed by atoms with E-state index in [1.165, 1.54) is 0 Å². The van der Waals surface area contributed by atoms with Crippen LogP contribution in [-0.2, 0) is 17.8 Å². The molecule has 0 amide bonds. The lowest BCUT2D eigenvalue weighted by atomic mass is 10.1. The van der Waals surface area contributed by atoms with E-state index in [4.69, 9.17) is 9.72 Å². The van der Waals surface area contributed by atoms with Gasteiger partial charge in [0.25, 0.3) is 0 Å². The highest BCUT2D eigenvalue weighted by Gasteiger charge is 2.23. The highest BCUT2D eigenvalue weighted by molar-refractivity contribution is 5.72. The van der Waals surface area contributed by atoms with E-state index in [1.807, 2.05) is 28.9 Å². The number of aryl methyl sites for hydroxylation is 1. The molecule has 3 heterocycles. The van der Waals surface area contributed by atoms with Crippen molar-refractivity contribution in [2.24, 2.45) is 0 Å². The molecule has 1 aliphatic rings. The summed E-state index contributed by atoms with van der Waals surface area (Å²) in [4.78, 5) is 6.39. The average molecular weight is 298 g/mol. The third-order valence-electron chi connectivity index (χ3n) is 3.97. The highest BCUT2D eigenvalue weighted by atomic mass is 16.5. The topological polar surface area (TPSA) is 70.7 Å². The van der Waals surface area contributed by atoms with Crippen LogP contribution in [0.1, 0.15) is 30.9 Å². The first-order chi connectivity index (χ1) is 10.8. The van der Waals surface area contributed by atoms with Crippen LogP contribution in [0.5, 0.6) is 0 Å². The normalized spacial score (nSPS) is 18.3. The minimum Gasteiger partial charge on any atom is -0.381 e. The third kappa shape index (κ3) is 2.37. The zero-order valence-electron chi connectivity index (χ0n) is 12.5. The van der Waals surface area contributed by atoms with Crippen molar-refractivity contribution in [3.05, 3.63) is 35.9 Å². The summed E-state index contributed by atoms with van der Waals surface area (Å²) in [5.41, 5.74) is 1.80. The van der Waals surface area contributed by atoms with Gasteiger partial charge in [-0.25, -0.2) is 9.67 Å². The van der Waals surface area contributed by atoms with E-state index in [2.05, 4.69) is 22.2 Å². The summed E-state index contributed by atoms with van der Waals surface area (Å²) in [6, 6.07) is 7.86. The predicted molar refractivity (Wildman–Crippen MR) is 80.5 cm³/mol. The van der Waals surface area contributed by atoms with Crippen LogP contribution in [-0.4, -0.2) is 43.0 Å². The van der Waals surface area contributed by atoms with Crippen molar-refractivity contribution in [2.75, 3.05) is 13.2 Å². The van der Waals surface area contributed by atoms with Crippen LogP contribution >= 0.6 is 0 Å². The second-order valence-corrected chi connectivity index (χ2v) is 5.48. The molecule has 1 aromatic carbocycles. The fourth-order valence-electron chi connectivity index (χ4n) is 2.78. The van der Waals surface area contributed by atoms with Crippen LogP contribution in [0.3, 0.4) is 0 Å². The summed E-state index contributed by atoms with van der Waals surface area (Å²) in [6.45, 7) is 4.91. The standard InChI is InChI=1S/C15H18N6O/c1-2-20-14(16-15(19-20)11-7-8-22-10-11)9-21-17-12-5-3-4-6-13(12)18-21/h3-6,11H,2,7-10H2,1H3/t11-/m0/s1. The van der Waals surface area contributed by atoms with Crippen LogP contribution in [0.2, 0.25) is 0 Å². The van der Waals surface area contributed by atoms with Crippen LogP contribution in [0.15, 0.2) is 24.3 Å². The molecular formula is C15H18N6O. The molecule has 4 rings (SSSR count). The Hall–Kier alpha value is -2.28. The number of hydrogen-bond acceptors (Lipinski definition) is 5. The van der Waals surface area contributed by atoms with Gasteiger partial charge in [-0.05, 0) is 25.5 Å². The van der Waals surface area contributed by atoms with Crippen molar-refractivity contribution < 1.29 is 4.74 Å². The second kappa shape index (κ2) is 5.49. The Labute approximate surface area is 127 Å². The Morgan fingerprint density at radius 1 is 1.18 bits per heavy atom. The van der Waals surface area contributed by atoms with Crippen molar-refractivity contribution >= 4 is 11.0 Å². The lowest BCUT2D eigenvalue weighted by molar-refractivity contribution is 0.193. The molecule has 1 fully saturated rings. The van der Waals surface area contributed by atoms with Gasteiger partial charge in [-0.1, -0.05) is 12.1 Å². The maximum Gasteiger partial charge on any atom is 0.156 e. The van der Waals surface area contributed by atoms with Gasteiger partial charge in [-0.3, -0.25) is 0 Å². The first kappa shape index (κ1) is 13.4. The molecule has 7 nitrogen and oxygen atoms in total. The van der Waals surface area contributed by atoms with Crippen LogP contribution in [0, 0.1) is 0 Å². The van der Waals surface area contributed by atoms with Gasteiger partial charge in [-0.15, -0.1) is 0 Å². The van der Waals surface area contributed by atoms with E-state index < -0.39 is 0 Å². The Morgan fingerprint density at radius 3 is 2.59 bits per heavy atom. The molecule has 0 bridgehead atoms. The van der Waals surface area contributed by atoms with Gasteiger partial charge in [0, 0.05) is 19.1 Å². The second-order valence-electron chi connectivity index (χ2n) is 5.48. The quantitative estimate of drug-likeness (QED) is 0.731. The fraction of sp³-hybridized carbons (Fsp3) is 0.467. The first-order valence-corrected chi connectivity index (χ1v) is 7.64. The van der Waals surface area contributed by atoms with Gasteiger partial charge in [0.2, 0.25) is 0 Å². The zero-order valence-corrected chi connectivity index (χ0v) is 12.5. The van der Waals surface area contributed by atoms with Crippen LogP contribution in [0.25, 0.3) is 11.0 Å². The molecule has 1 atom stereocenters. The van der Waals surface area contributed by atoms with Gasteiger partial charge in [0.1, 0.15) is 17.6 Å². The summed E-state index contributed by atoms with van der Waals surface area (Å²) >= 11 is 0. The minimum absolute atomic E-state index is 0.316. The summed E-state index contributed by atoms with van der Waals surface area (Å²) in [7, 11) is 0. The summed E-state index contributed by atoms with van der Waals surface area (Å²) in [6.07, 6.45) is 0.997. The number of nitrogens with zero attached hydrogens (tertiary/aromatic N) is 6. The van der Waals surface area contributed by atoms with Crippen LogP contribution in [0.4, 0.5) is 0 Å². The van der Waals surface area contributed by atoms with Crippen molar-refractivity contribution in [1.82, 2.24) is 29.8 Å². The lowest BCUT2D eigenvalue weighted by Gasteiger charge is -2.01. The van der Waals surface area contributed by atoms with Gasteiger partial charge < -0.3 is 4.74 Å². The highest BCUT2D eigenvalue weighted by Crippen LogP contribution is 2.22. The smallest absolute Gasteiger partial charge is 0.156 e. The van der Waals surface area contributed by atoms with Gasteiger partial charge in [0.05, 0.1) is 6.61 Å². The Morgan fingerprint density at radius 2 is 1.95 bits per heavy atom. The van der Waals surface area contributed by atoms with Crippen molar-refractivity contribution in [3.8, 4) is 0 Å². The van der Waals surface area contributed by atoms with Gasteiger partial charge >= 0.3 is 0 Å². The number of fused-ring (bicyclic) bond motifs is 1. The zero-order chi connectivity index (χ0) is 14.9. The molecule has 3 aromatic rings. The lowest BCUT2D eigenvalue weighted by Crippen LogP contribution is -2.11. The van der Waals surface area contributed by atoms with E-state index in [1.54, 1.807) is 4.80 Å². The molecule has 0 unspecified atom stereocenters. The van der Waals surface area contributed by atoms with E-state index >= 15 is 0 Å². The Balaban J connectivity index is 1.63. The van der Waals surface area contributed by atoms with E-state index in [0.717, 1.165) is 48.9 Å². The number of hydrogen-bond donors (Lipinski definition) is 0. The van der Waals surface area contributed by atoms with Gasteiger partial charge in [0.15, 0.2) is 11.6 Å². The molecule has 0 N–H and O–H groups in total. The number of benzene rings is 1. The molecule has 22 heavy (non-hydrogen) atoms. The van der Waals surface area contributed by atoms with Crippen molar-refractivity contribution in [2.45, 2.75) is 32.4 Å². The number of rotatable bonds is 4. The number of ether oxygens (including phenoxy) is 1. The average Bonchev–Trinajstić information content (AvgIpc) is 3.26. The van der Waals surface area contributed by atoms with E-state index in [-0.39, 0.29) is 0 Å². The number of aromatic nitrogens is 6. The van der Waals surface area contributed by atoms with Crippen LogP contribution < -0.4 is 0 Å². The predicted octanol–water partition coefficient (Wildman–Crippen LogP) is 1.59. The van der Waals surface area contributed by atoms with Gasteiger partial charge in [-0.2, -0.15) is 20.1 Å². The molecule has 0 radical (unpaired) electrons. The maximum atomic E-state index is 5.43. The third-order valence-corrected chi connectivity index (χ3v) is 3.97. The molecule has 7 heteroatoms. The Bertz CT molecular complexity index is 753. The van der Waals surface area contributed by atoms with E-state index in [9.17, 15) is 0 Å². The fourth-order valence-corrected chi connectivity index (χ4v) is 2.78. The molecule has 1 saturated heterocycles. The summed E-state index contributed by atoms with van der Waals surface area (Å²) < 4.78 is 7.37. The monoisotopic (exact) mass is 298 g/mol. The Kier molecular flexibility index (Phi) is 3.34. The molecule has 1 aliphatic heterocycles. The molecular weight excluding hydrogens is 280 g/mol. The molecule has 114 valence electrons.